The molecule has 3 heteroatoms. The molecule has 1 rings (SSSR count). The van der Waals surface area contributed by atoms with E-state index in [0.29, 0.717) is 0 Å². The lowest BCUT2D eigenvalue weighted by Crippen LogP contribution is -2.45. The van der Waals surface area contributed by atoms with Gasteiger partial charge in [0, 0.05) is 24.6 Å². The van der Waals surface area contributed by atoms with Gasteiger partial charge >= 0.3 is 0 Å². The Morgan fingerprint density at radius 3 is 2.60 bits per heavy atom. The summed E-state index contributed by atoms with van der Waals surface area (Å²) in [6, 6.07) is 0. The Morgan fingerprint density at radius 1 is 1.27 bits per heavy atom. The summed E-state index contributed by atoms with van der Waals surface area (Å²) < 4.78 is 5.52. The number of hydrogen-bond acceptors (Lipinski definition) is 2. The van der Waals surface area contributed by atoms with Crippen molar-refractivity contribution in [2.24, 2.45) is 0 Å². The van der Waals surface area contributed by atoms with E-state index < -0.39 is 0 Å². The van der Waals surface area contributed by atoms with E-state index in [4.69, 9.17) is 16.3 Å². The van der Waals surface area contributed by atoms with Crippen molar-refractivity contribution in [2.45, 2.75) is 51.0 Å². The summed E-state index contributed by atoms with van der Waals surface area (Å²) in [7, 11) is 0. The summed E-state index contributed by atoms with van der Waals surface area (Å²) in [5.74, 6) is 0.738. The molecule has 0 spiro atoms. The molecule has 1 aliphatic carbocycles. The fraction of sp³-hybridized carbons (Fsp3) is 1.00. The molecule has 0 aromatic heterocycles. The van der Waals surface area contributed by atoms with E-state index in [2.05, 4.69) is 12.2 Å². The van der Waals surface area contributed by atoms with Crippen LogP contribution in [0.25, 0.3) is 0 Å². The normalized spacial score (nSPS) is 19.6. The minimum Gasteiger partial charge on any atom is -0.380 e. The first kappa shape index (κ1) is 13.3. The first-order chi connectivity index (χ1) is 7.33. The lowest BCUT2D eigenvalue weighted by Gasteiger charge is -2.27. The van der Waals surface area contributed by atoms with Crippen molar-refractivity contribution < 1.29 is 4.74 Å². The van der Waals surface area contributed by atoms with Gasteiger partial charge in [0.2, 0.25) is 0 Å². The molecular weight excluding hydrogens is 210 g/mol. The maximum Gasteiger partial charge on any atom is 0.0591 e. The number of unbranched alkanes of at least 4 members (excludes halogenated alkanes) is 1. The van der Waals surface area contributed by atoms with Crippen LogP contribution in [0.4, 0.5) is 0 Å². The molecule has 1 aliphatic rings. The van der Waals surface area contributed by atoms with Crippen molar-refractivity contribution in [3.8, 4) is 0 Å². The fourth-order valence-corrected chi connectivity index (χ4v) is 2.51. The van der Waals surface area contributed by atoms with Crippen molar-refractivity contribution >= 4 is 11.6 Å². The Bertz CT molecular complexity index is 158. The van der Waals surface area contributed by atoms with Crippen LogP contribution in [0.5, 0.6) is 0 Å². The molecule has 1 N–H and O–H groups in total. The van der Waals surface area contributed by atoms with Crippen LogP contribution in [-0.4, -0.2) is 31.2 Å². The second-order valence-electron chi connectivity index (χ2n) is 4.51. The summed E-state index contributed by atoms with van der Waals surface area (Å²) in [5.41, 5.74) is 0.218. The van der Waals surface area contributed by atoms with Gasteiger partial charge in [-0.1, -0.05) is 26.2 Å². The van der Waals surface area contributed by atoms with Crippen LogP contribution in [0, 0.1) is 0 Å². The predicted octanol–water partition coefficient (Wildman–Crippen LogP) is 2.94. The van der Waals surface area contributed by atoms with Gasteiger partial charge < -0.3 is 10.1 Å². The Labute approximate surface area is 98.7 Å². The van der Waals surface area contributed by atoms with Gasteiger partial charge in [-0.2, -0.15) is 0 Å². The summed E-state index contributed by atoms with van der Waals surface area (Å²) >= 11 is 6.02. The third-order valence-corrected chi connectivity index (χ3v) is 3.72. The summed E-state index contributed by atoms with van der Waals surface area (Å²) in [6.07, 6.45) is 7.46. The van der Waals surface area contributed by atoms with Gasteiger partial charge in [0.25, 0.3) is 0 Å². The minimum absolute atomic E-state index is 0.218. The maximum absolute atomic E-state index is 6.02. The first-order valence-electron chi connectivity index (χ1n) is 6.22. The van der Waals surface area contributed by atoms with Crippen molar-refractivity contribution in [2.75, 3.05) is 25.6 Å². The number of halogens is 1. The van der Waals surface area contributed by atoms with Crippen LogP contribution in [0.3, 0.4) is 0 Å². The lowest BCUT2D eigenvalue weighted by molar-refractivity contribution is 0.126. The molecule has 0 heterocycles. The maximum atomic E-state index is 6.02. The zero-order valence-electron chi connectivity index (χ0n) is 9.86. The van der Waals surface area contributed by atoms with Gasteiger partial charge in [-0.3, -0.25) is 0 Å². The highest BCUT2D eigenvalue weighted by Gasteiger charge is 2.31. The molecule has 1 fully saturated rings. The van der Waals surface area contributed by atoms with Crippen molar-refractivity contribution in [1.82, 2.24) is 5.32 Å². The van der Waals surface area contributed by atoms with E-state index in [-0.39, 0.29) is 5.54 Å². The van der Waals surface area contributed by atoms with Gasteiger partial charge in [0.15, 0.2) is 0 Å². The largest absolute Gasteiger partial charge is 0.380 e. The molecule has 0 amide bonds. The number of alkyl halides is 1. The fourth-order valence-electron chi connectivity index (χ4n) is 2.15. The van der Waals surface area contributed by atoms with Gasteiger partial charge in [0.1, 0.15) is 0 Å². The van der Waals surface area contributed by atoms with Crippen LogP contribution in [0.2, 0.25) is 0 Å². The molecule has 0 aliphatic heterocycles. The Kier molecular flexibility index (Phi) is 6.62. The zero-order chi connectivity index (χ0) is 11.0. The van der Waals surface area contributed by atoms with E-state index >= 15 is 0 Å². The van der Waals surface area contributed by atoms with Gasteiger partial charge in [0.05, 0.1) is 6.61 Å². The third-order valence-electron chi connectivity index (χ3n) is 3.21. The predicted molar refractivity (Wildman–Crippen MR) is 65.6 cm³/mol. The van der Waals surface area contributed by atoms with Crippen LogP contribution < -0.4 is 5.32 Å². The van der Waals surface area contributed by atoms with E-state index in [1.165, 1.54) is 38.5 Å². The average molecular weight is 234 g/mol. The van der Waals surface area contributed by atoms with Crippen molar-refractivity contribution in [3.05, 3.63) is 0 Å². The quantitative estimate of drug-likeness (QED) is 0.514. The topological polar surface area (TPSA) is 21.3 Å². The molecule has 0 atom stereocenters. The van der Waals surface area contributed by atoms with E-state index in [0.717, 1.165) is 25.6 Å². The van der Waals surface area contributed by atoms with Crippen LogP contribution >= 0.6 is 11.6 Å². The second-order valence-corrected chi connectivity index (χ2v) is 4.78. The van der Waals surface area contributed by atoms with Crippen molar-refractivity contribution in [3.63, 3.8) is 0 Å². The monoisotopic (exact) mass is 233 g/mol. The molecular formula is C12H24ClNO. The molecule has 0 radical (unpaired) electrons. The molecule has 0 bridgehead atoms. The van der Waals surface area contributed by atoms with Crippen LogP contribution in [-0.2, 0) is 4.74 Å². The minimum atomic E-state index is 0.218. The lowest BCUT2D eigenvalue weighted by atomic mass is 10.0. The van der Waals surface area contributed by atoms with Crippen LogP contribution in [0.15, 0.2) is 0 Å². The Hall–Kier alpha value is 0.210. The number of hydrogen-bond donors (Lipinski definition) is 1. The highest BCUT2D eigenvalue weighted by Crippen LogP contribution is 2.30. The average Bonchev–Trinajstić information content (AvgIpc) is 2.73. The first-order valence-corrected chi connectivity index (χ1v) is 6.75. The van der Waals surface area contributed by atoms with Gasteiger partial charge in [-0.25, -0.2) is 0 Å². The van der Waals surface area contributed by atoms with E-state index in [1.54, 1.807) is 0 Å². The molecule has 0 unspecified atom stereocenters. The second kappa shape index (κ2) is 7.48. The Balaban J connectivity index is 2.02. The standard InChI is InChI=1S/C12H24ClNO/c1-2-3-9-15-10-8-14-12(11-13)6-4-5-7-12/h14H,2-11H2,1H3. The molecule has 2 nitrogen and oxygen atoms in total. The van der Waals surface area contributed by atoms with Crippen LogP contribution in [0.1, 0.15) is 45.4 Å². The van der Waals surface area contributed by atoms with E-state index in [1.807, 2.05) is 0 Å². The van der Waals surface area contributed by atoms with Crippen molar-refractivity contribution in [1.29, 1.82) is 0 Å². The zero-order valence-corrected chi connectivity index (χ0v) is 10.6. The molecule has 0 saturated heterocycles. The Morgan fingerprint density at radius 2 is 2.00 bits per heavy atom. The number of nitrogens with one attached hydrogen (secondary N) is 1. The third kappa shape index (κ3) is 4.71. The molecule has 0 aromatic carbocycles. The summed E-state index contributed by atoms with van der Waals surface area (Å²) in [6.45, 7) is 4.84. The van der Waals surface area contributed by atoms with E-state index in [9.17, 15) is 0 Å². The highest BCUT2D eigenvalue weighted by atomic mass is 35.5. The number of rotatable bonds is 8. The van der Waals surface area contributed by atoms with Gasteiger partial charge in [-0.05, 0) is 19.3 Å². The SMILES string of the molecule is CCCCOCCNC1(CCl)CCCC1. The molecule has 15 heavy (non-hydrogen) atoms. The molecule has 90 valence electrons. The summed E-state index contributed by atoms with van der Waals surface area (Å²) in [5, 5.41) is 3.56. The molecule has 0 aromatic rings. The number of ether oxygens (including phenoxy) is 1. The smallest absolute Gasteiger partial charge is 0.0591 e. The molecule has 1 saturated carbocycles. The van der Waals surface area contributed by atoms with Gasteiger partial charge in [-0.15, -0.1) is 11.6 Å². The highest BCUT2D eigenvalue weighted by molar-refractivity contribution is 6.18. The summed E-state index contributed by atoms with van der Waals surface area (Å²) in [4.78, 5) is 0.